The largest absolute Gasteiger partial charge is 0.310 e. The van der Waals surface area contributed by atoms with Crippen LogP contribution in [0.25, 0.3) is 0 Å². The van der Waals surface area contributed by atoms with Crippen molar-refractivity contribution in [2.24, 2.45) is 39.0 Å². The first-order valence-corrected chi connectivity index (χ1v) is 14.8. The van der Waals surface area contributed by atoms with Gasteiger partial charge in [-0.1, -0.05) is 44.6 Å². The van der Waals surface area contributed by atoms with Crippen LogP contribution in [0.2, 0.25) is 0 Å². The molecule has 0 radical (unpaired) electrons. The summed E-state index contributed by atoms with van der Waals surface area (Å²) in [5.74, 6) is 2.42. The molecule has 1 N–H and O–H groups in total. The lowest BCUT2D eigenvalue weighted by Crippen LogP contribution is -2.41. The fourth-order valence-electron chi connectivity index (χ4n) is 10.6. The van der Waals surface area contributed by atoms with Crippen LogP contribution in [0.4, 0.5) is 4.39 Å². The van der Waals surface area contributed by atoms with Gasteiger partial charge in [-0.25, -0.2) is 4.39 Å². The Hall–Kier alpha value is -1.00. The molecule has 3 nitrogen and oxygen atoms in total. The lowest BCUT2D eigenvalue weighted by atomic mass is 9.59. The summed E-state index contributed by atoms with van der Waals surface area (Å²) in [6.07, 6.45) is 17.9. The highest BCUT2D eigenvalue weighted by Gasteiger charge is 2.84. The van der Waals surface area contributed by atoms with Crippen LogP contribution < -0.4 is 5.32 Å². The maximum atomic E-state index is 13.7. The molecular weight excluding hydrogens is 433 g/mol. The third kappa shape index (κ3) is 3.51. The number of allylic oxidation sites excluding steroid dienone is 3. The van der Waals surface area contributed by atoms with Gasteiger partial charge < -0.3 is 5.32 Å². The number of hydrogen-bond acceptors (Lipinski definition) is 3. The summed E-state index contributed by atoms with van der Waals surface area (Å²) in [7, 11) is 0. The highest BCUT2D eigenvalue weighted by molar-refractivity contribution is 5.85. The molecule has 6 aliphatic rings. The molecule has 194 valence electrons. The van der Waals surface area contributed by atoms with Gasteiger partial charge in [-0.3, -0.25) is 9.89 Å². The maximum Gasteiger partial charge on any atom is 0.114 e. The van der Waals surface area contributed by atoms with Gasteiger partial charge in [0.2, 0.25) is 0 Å². The molecule has 0 aromatic heterocycles. The molecule has 5 saturated carbocycles. The van der Waals surface area contributed by atoms with Crippen LogP contribution in [-0.2, 0) is 0 Å². The molecule has 4 heteroatoms. The summed E-state index contributed by atoms with van der Waals surface area (Å²) < 4.78 is 13.7. The van der Waals surface area contributed by atoms with Crippen molar-refractivity contribution in [1.82, 2.24) is 10.2 Å². The molecule has 8 unspecified atom stereocenters. The summed E-state index contributed by atoms with van der Waals surface area (Å²) >= 11 is 0. The Bertz CT molecular complexity index is 907. The standard InChI is InChI=1S/C31H48FN3/c1-5-7-22-12-16-31-27-11-10-26(29(27,4)15-13-28(31)30(22,31)14-6-2)21(3)34-20-35(25-8-9-25)19-24-17-23(32)18-33-24/h5,7,23-28,33H,1,6,8-20H2,2-4H3/b22-7-,34-21?. The Morgan fingerprint density at radius 1 is 1.20 bits per heavy atom. The van der Waals surface area contributed by atoms with Crippen molar-refractivity contribution in [2.45, 2.75) is 110 Å². The quantitative estimate of drug-likeness (QED) is 0.371. The summed E-state index contributed by atoms with van der Waals surface area (Å²) in [5, 5.41) is 3.39. The van der Waals surface area contributed by atoms with Crippen molar-refractivity contribution in [3.05, 3.63) is 24.3 Å². The second-order valence-corrected chi connectivity index (χ2v) is 13.4. The smallest absolute Gasteiger partial charge is 0.114 e. The van der Waals surface area contributed by atoms with Gasteiger partial charge in [0.1, 0.15) is 6.17 Å². The van der Waals surface area contributed by atoms with Crippen LogP contribution in [0.5, 0.6) is 0 Å². The maximum absolute atomic E-state index is 13.7. The van der Waals surface area contributed by atoms with E-state index in [1.807, 2.05) is 0 Å². The van der Waals surface area contributed by atoms with Gasteiger partial charge in [0, 0.05) is 42.2 Å². The second-order valence-electron chi connectivity index (χ2n) is 13.4. The Morgan fingerprint density at radius 3 is 2.71 bits per heavy atom. The minimum Gasteiger partial charge on any atom is -0.310 e. The predicted molar refractivity (Wildman–Crippen MR) is 143 cm³/mol. The fourth-order valence-corrected chi connectivity index (χ4v) is 10.6. The van der Waals surface area contributed by atoms with Gasteiger partial charge in [0.15, 0.2) is 0 Å². The molecule has 0 amide bonds. The monoisotopic (exact) mass is 481 g/mol. The van der Waals surface area contributed by atoms with E-state index in [1.54, 1.807) is 5.57 Å². The Morgan fingerprint density at radius 2 is 2.03 bits per heavy atom. The lowest BCUT2D eigenvalue weighted by molar-refractivity contribution is 0.0524. The molecule has 0 bridgehead atoms. The zero-order valence-electron chi connectivity index (χ0n) is 22.5. The molecule has 0 aromatic carbocycles. The van der Waals surface area contributed by atoms with Crippen LogP contribution in [-0.4, -0.2) is 48.6 Å². The molecule has 35 heavy (non-hydrogen) atoms. The van der Waals surface area contributed by atoms with Crippen molar-refractivity contribution in [2.75, 3.05) is 19.8 Å². The molecule has 8 atom stereocenters. The number of hydrogen-bond donors (Lipinski definition) is 1. The molecule has 6 rings (SSSR count). The molecule has 1 aliphatic heterocycles. The highest BCUT2D eigenvalue weighted by Crippen LogP contribution is 2.90. The minimum atomic E-state index is -0.671. The van der Waals surface area contributed by atoms with Crippen molar-refractivity contribution in [3.8, 4) is 0 Å². The lowest BCUT2D eigenvalue weighted by Gasteiger charge is -2.45. The van der Waals surface area contributed by atoms with Crippen LogP contribution >= 0.6 is 0 Å². The van der Waals surface area contributed by atoms with Gasteiger partial charge in [0.05, 0.1) is 6.67 Å². The van der Waals surface area contributed by atoms with E-state index in [9.17, 15) is 4.39 Å². The molecule has 6 fully saturated rings. The van der Waals surface area contributed by atoms with Gasteiger partial charge in [-0.15, -0.1) is 0 Å². The highest BCUT2D eigenvalue weighted by atomic mass is 19.1. The first-order chi connectivity index (χ1) is 16.9. The van der Waals surface area contributed by atoms with E-state index in [-0.39, 0.29) is 0 Å². The van der Waals surface area contributed by atoms with E-state index in [1.165, 1.54) is 69.9 Å². The van der Waals surface area contributed by atoms with Gasteiger partial charge in [-0.2, -0.15) is 0 Å². The van der Waals surface area contributed by atoms with Crippen molar-refractivity contribution < 1.29 is 4.39 Å². The van der Waals surface area contributed by atoms with E-state index in [0.29, 0.717) is 47.2 Å². The van der Waals surface area contributed by atoms with Gasteiger partial charge in [-0.05, 0) is 93.8 Å². The number of nitrogens with zero attached hydrogens (tertiary/aromatic N) is 2. The number of nitrogens with one attached hydrogen (secondary N) is 1. The topological polar surface area (TPSA) is 27.6 Å². The van der Waals surface area contributed by atoms with E-state index in [4.69, 9.17) is 4.99 Å². The third-order valence-corrected chi connectivity index (χ3v) is 11.9. The van der Waals surface area contributed by atoms with Crippen LogP contribution in [0.3, 0.4) is 0 Å². The van der Waals surface area contributed by atoms with E-state index in [2.05, 4.69) is 49.7 Å². The van der Waals surface area contributed by atoms with E-state index >= 15 is 0 Å². The zero-order chi connectivity index (χ0) is 24.4. The molecule has 1 spiro atoms. The number of fused-ring (bicyclic) bond motifs is 2. The summed E-state index contributed by atoms with van der Waals surface area (Å²) in [4.78, 5) is 7.82. The van der Waals surface area contributed by atoms with Crippen molar-refractivity contribution in [1.29, 1.82) is 0 Å². The van der Waals surface area contributed by atoms with E-state index in [0.717, 1.165) is 25.0 Å². The molecule has 0 aromatic rings. The zero-order valence-corrected chi connectivity index (χ0v) is 22.5. The van der Waals surface area contributed by atoms with Gasteiger partial charge >= 0.3 is 0 Å². The van der Waals surface area contributed by atoms with Crippen LogP contribution in [0.1, 0.15) is 91.4 Å². The summed E-state index contributed by atoms with van der Waals surface area (Å²) in [6, 6.07) is 0.966. The average Bonchev–Trinajstić information content (AvgIpc) is 3.63. The normalized spacial score (nSPS) is 47.7. The molecule has 1 heterocycles. The Kier molecular flexibility index (Phi) is 6.11. The van der Waals surface area contributed by atoms with Crippen molar-refractivity contribution in [3.63, 3.8) is 0 Å². The first kappa shape index (κ1) is 24.3. The third-order valence-electron chi connectivity index (χ3n) is 11.9. The number of halogens is 1. The molecule has 5 aliphatic carbocycles. The van der Waals surface area contributed by atoms with Crippen LogP contribution in [0, 0.1) is 34.0 Å². The first-order valence-electron chi connectivity index (χ1n) is 14.8. The fraction of sp³-hybridized carbons (Fsp3) is 0.839. The molecular formula is C31H48FN3. The van der Waals surface area contributed by atoms with Crippen molar-refractivity contribution >= 4 is 5.71 Å². The Balaban J connectivity index is 1.19. The van der Waals surface area contributed by atoms with Gasteiger partial charge in [0.25, 0.3) is 0 Å². The predicted octanol–water partition coefficient (Wildman–Crippen LogP) is 6.70. The van der Waals surface area contributed by atoms with Crippen LogP contribution in [0.15, 0.2) is 29.3 Å². The SMILES string of the molecule is C=C/C=C1/CCC23C4CCC(C(C)=NCN(CC5CC(F)CN5)C5CC5)C4(C)CCC2C13CCC. The number of rotatable bonds is 9. The average molecular weight is 482 g/mol. The van der Waals surface area contributed by atoms with E-state index < -0.39 is 6.17 Å². The summed E-state index contributed by atoms with van der Waals surface area (Å²) in [5.41, 5.74) is 4.61. The summed E-state index contributed by atoms with van der Waals surface area (Å²) in [6.45, 7) is 13.7. The number of aliphatic imine (C=N–C) groups is 1. The number of alkyl halides is 1. The second kappa shape index (κ2) is 8.79. The minimum absolute atomic E-state index is 0.297. The Labute approximate surface area is 213 Å². The molecule has 1 saturated heterocycles.